The van der Waals surface area contributed by atoms with Crippen molar-refractivity contribution in [3.05, 3.63) is 17.5 Å². The van der Waals surface area contributed by atoms with E-state index < -0.39 is 0 Å². The second-order valence-electron chi connectivity index (χ2n) is 11.0. The first-order valence-corrected chi connectivity index (χ1v) is 12.0. The Hall–Kier alpha value is -1.45. The Balaban J connectivity index is 1.37. The molecule has 0 radical (unpaired) electrons. The molecule has 4 heteroatoms. The first kappa shape index (κ1) is 19.5. The fourth-order valence-electron chi connectivity index (χ4n) is 8.05. The molecule has 0 unspecified atom stereocenters. The number of hydrogen-bond donors (Lipinski definition) is 0. The van der Waals surface area contributed by atoms with Gasteiger partial charge in [0.2, 0.25) is 0 Å². The van der Waals surface area contributed by atoms with E-state index in [1.165, 1.54) is 63.5 Å². The molecular formula is C25H38N4. The summed E-state index contributed by atoms with van der Waals surface area (Å²) < 4.78 is 1.89. The Labute approximate surface area is 176 Å². The Morgan fingerprint density at radius 1 is 1.07 bits per heavy atom. The zero-order valence-corrected chi connectivity index (χ0v) is 18.8. The van der Waals surface area contributed by atoms with Gasteiger partial charge in [-0.25, -0.2) is 0 Å². The van der Waals surface area contributed by atoms with Crippen molar-refractivity contribution in [3.8, 4) is 0 Å². The van der Waals surface area contributed by atoms with Crippen molar-refractivity contribution in [1.82, 2.24) is 9.78 Å². The summed E-state index contributed by atoms with van der Waals surface area (Å²) in [6.07, 6.45) is 17.9. The summed E-state index contributed by atoms with van der Waals surface area (Å²) in [5, 5.41) is 13.6. The van der Waals surface area contributed by atoms with E-state index >= 15 is 0 Å². The zero-order valence-electron chi connectivity index (χ0n) is 18.8. The van der Waals surface area contributed by atoms with Crippen LogP contribution in [-0.2, 0) is 7.05 Å². The summed E-state index contributed by atoms with van der Waals surface area (Å²) in [5.74, 6) is 3.71. The third kappa shape index (κ3) is 2.96. The van der Waals surface area contributed by atoms with Crippen molar-refractivity contribution in [3.63, 3.8) is 0 Å². The summed E-state index contributed by atoms with van der Waals surface area (Å²) in [6.45, 7) is 7.26. The first-order chi connectivity index (χ1) is 13.9. The lowest BCUT2D eigenvalue weighted by Gasteiger charge is -2.59. The van der Waals surface area contributed by atoms with Crippen LogP contribution in [0.2, 0.25) is 0 Å². The number of aryl methyl sites for hydroxylation is 1. The van der Waals surface area contributed by atoms with Gasteiger partial charge >= 0.3 is 0 Å². The van der Waals surface area contributed by atoms with Gasteiger partial charge in [-0.3, -0.25) is 4.68 Å². The quantitative estimate of drug-likeness (QED) is 0.452. The van der Waals surface area contributed by atoms with Crippen LogP contribution in [0.25, 0.3) is 0 Å². The van der Waals surface area contributed by atoms with Crippen LogP contribution in [0.3, 0.4) is 0 Å². The highest BCUT2D eigenvalue weighted by atomic mass is 15.3. The van der Waals surface area contributed by atoms with Crippen LogP contribution in [0.1, 0.15) is 89.3 Å². The summed E-state index contributed by atoms with van der Waals surface area (Å²) >= 11 is 0. The minimum Gasteiger partial charge on any atom is -0.272 e. The van der Waals surface area contributed by atoms with Gasteiger partial charge in [0.25, 0.3) is 0 Å². The molecule has 0 bridgehead atoms. The third-order valence-corrected chi connectivity index (χ3v) is 9.97. The van der Waals surface area contributed by atoms with Crippen LogP contribution in [0.15, 0.2) is 16.4 Å². The summed E-state index contributed by atoms with van der Waals surface area (Å²) in [7, 11) is 1.97. The van der Waals surface area contributed by atoms with E-state index in [1.807, 2.05) is 24.1 Å². The van der Waals surface area contributed by atoms with E-state index in [0.29, 0.717) is 5.41 Å². The van der Waals surface area contributed by atoms with Gasteiger partial charge in [0.1, 0.15) is 0 Å². The minimum atomic E-state index is 0.278. The normalized spacial score (nSPS) is 43.4. The molecule has 0 spiro atoms. The van der Waals surface area contributed by atoms with Crippen molar-refractivity contribution >= 4 is 11.9 Å². The second-order valence-corrected chi connectivity index (χ2v) is 11.0. The van der Waals surface area contributed by atoms with Crippen LogP contribution < -0.4 is 0 Å². The van der Waals surface area contributed by atoms with Crippen LogP contribution in [0.5, 0.6) is 0 Å². The molecule has 1 aromatic rings. The highest BCUT2D eigenvalue weighted by Crippen LogP contribution is 2.65. The minimum absolute atomic E-state index is 0.278. The van der Waals surface area contributed by atoms with Crippen molar-refractivity contribution in [2.75, 3.05) is 0 Å². The Kier molecular flexibility index (Phi) is 4.75. The van der Waals surface area contributed by atoms with Crippen LogP contribution >= 0.6 is 0 Å². The predicted octanol–water partition coefficient (Wildman–Crippen LogP) is 5.94. The average molecular weight is 395 g/mol. The Morgan fingerprint density at radius 2 is 1.93 bits per heavy atom. The maximum Gasteiger partial charge on any atom is 0.0602 e. The van der Waals surface area contributed by atoms with E-state index in [-0.39, 0.29) is 5.41 Å². The molecule has 6 atom stereocenters. The molecule has 4 fully saturated rings. The molecule has 0 aliphatic heterocycles. The number of aromatic nitrogens is 2. The molecule has 1 heterocycles. The molecule has 0 N–H and O–H groups in total. The molecule has 1 aromatic heterocycles. The Bertz CT molecular complexity index is 836. The molecule has 0 amide bonds. The maximum absolute atomic E-state index is 4.81. The molecule has 4 saturated carbocycles. The molecule has 158 valence electrons. The Morgan fingerprint density at radius 3 is 2.72 bits per heavy atom. The molecule has 4 aliphatic rings. The van der Waals surface area contributed by atoms with E-state index in [4.69, 9.17) is 5.10 Å². The highest BCUT2D eigenvalue weighted by molar-refractivity contribution is 5.93. The van der Waals surface area contributed by atoms with E-state index in [2.05, 4.69) is 31.0 Å². The fourth-order valence-corrected chi connectivity index (χ4v) is 8.05. The topological polar surface area (TPSA) is 42.5 Å². The van der Waals surface area contributed by atoms with Gasteiger partial charge in [-0.05, 0) is 87.4 Å². The second kappa shape index (κ2) is 7.06. The average Bonchev–Trinajstić information content (AvgIpc) is 3.21. The van der Waals surface area contributed by atoms with E-state index in [0.717, 1.165) is 41.3 Å². The molecule has 0 aromatic carbocycles. The highest BCUT2D eigenvalue weighted by Gasteiger charge is 2.58. The van der Waals surface area contributed by atoms with Gasteiger partial charge in [0, 0.05) is 29.4 Å². The smallest absolute Gasteiger partial charge is 0.0602 e. The third-order valence-electron chi connectivity index (χ3n) is 9.97. The molecule has 0 saturated heterocycles. The van der Waals surface area contributed by atoms with Gasteiger partial charge in [-0.1, -0.05) is 26.7 Å². The van der Waals surface area contributed by atoms with Gasteiger partial charge in [0.15, 0.2) is 0 Å². The number of hydrogen-bond acceptors (Lipinski definition) is 3. The lowest BCUT2D eigenvalue weighted by molar-refractivity contribution is -0.0936. The van der Waals surface area contributed by atoms with Crippen molar-refractivity contribution < 1.29 is 0 Å². The van der Waals surface area contributed by atoms with Crippen molar-refractivity contribution in [2.24, 2.45) is 51.8 Å². The maximum atomic E-state index is 4.81. The van der Waals surface area contributed by atoms with E-state index in [9.17, 15) is 0 Å². The van der Waals surface area contributed by atoms with Gasteiger partial charge < -0.3 is 0 Å². The lowest BCUT2D eigenvalue weighted by Crippen LogP contribution is -2.52. The number of nitrogens with zero attached hydrogens (tertiary/aromatic N) is 4. The largest absolute Gasteiger partial charge is 0.272 e. The standard InChI is InChI=1S/C25H38N4/c1-17-18(16-27-29(17)4)15-26-28-23-11-10-21-20-9-8-19-7-5-6-13-24(19,2)22(20)12-14-25(21,23)3/h15-16,19-22H,5-14H2,1-4H3/b26-15-,28-23+/t19-,20+,21+,22+,24+,25+/m1/s1. The fraction of sp³-hybridized carbons (Fsp3) is 0.800. The monoisotopic (exact) mass is 394 g/mol. The van der Waals surface area contributed by atoms with Crippen LogP contribution in [0, 0.1) is 41.4 Å². The SMILES string of the molecule is Cc1c(/C=N\N=C2/CC[C@H]3[C@@H]4CC[C@H]5CCCC[C@]5(C)[C@H]4CC[C@]23C)cnn1C. The van der Waals surface area contributed by atoms with Crippen LogP contribution in [-0.4, -0.2) is 21.7 Å². The lowest BCUT2D eigenvalue weighted by atomic mass is 9.45. The van der Waals surface area contributed by atoms with Crippen molar-refractivity contribution in [1.29, 1.82) is 0 Å². The summed E-state index contributed by atoms with van der Waals surface area (Å²) in [6, 6.07) is 0. The first-order valence-electron chi connectivity index (χ1n) is 12.0. The molecule has 29 heavy (non-hydrogen) atoms. The van der Waals surface area contributed by atoms with Gasteiger partial charge in [-0.2, -0.15) is 15.3 Å². The van der Waals surface area contributed by atoms with E-state index in [1.54, 1.807) is 0 Å². The molecular weight excluding hydrogens is 356 g/mol. The summed E-state index contributed by atoms with van der Waals surface area (Å²) in [5.41, 5.74) is 4.49. The zero-order chi connectivity index (χ0) is 20.2. The molecule has 5 rings (SSSR count). The molecule has 4 nitrogen and oxygen atoms in total. The number of fused-ring (bicyclic) bond motifs is 5. The van der Waals surface area contributed by atoms with Crippen LogP contribution in [0.4, 0.5) is 0 Å². The van der Waals surface area contributed by atoms with Crippen molar-refractivity contribution in [2.45, 2.75) is 85.0 Å². The number of rotatable bonds is 2. The molecule has 4 aliphatic carbocycles. The van der Waals surface area contributed by atoms with Gasteiger partial charge in [-0.15, -0.1) is 0 Å². The summed E-state index contributed by atoms with van der Waals surface area (Å²) in [4.78, 5) is 0. The predicted molar refractivity (Wildman–Crippen MR) is 119 cm³/mol. The van der Waals surface area contributed by atoms with Gasteiger partial charge in [0.05, 0.1) is 12.4 Å².